The van der Waals surface area contributed by atoms with Crippen LogP contribution >= 0.6 is 12.2 Å². The van der Waals surface area contributed by atoms with E-state index < -0.39 is 5.60 Å². The molecule has 0 aliphatic carbocycles. The molecule has 1 aliphatic heterocycles. The number of carbonyl (C=O) groups is 2. The van der Waals surface area contributed by atoms with Crippen LogP contribution in [0.4, 0.5) is 4.79 Å². The lowest BCUT2D eigenvalue weighted by atomic mass is 10.2. The summed E-state index contributed by atoms with van der Waals surface area (Å²) in [5.41, 5.74) is 0.492. The lowest BCUT2D eigenvalue weighted by Gasteiger charge is -2.29. The van der Waals surface area contributed by atoms with E-state index in [1.54, 1.807) is 4.90 Å². The molecule has 1 aromatic rings. The fraction of sp³-hybridized carbons (Fsp3) is 0.526. The first-order valence-electron chi connectivity index (χ1n) is 8.84. The predicted octanol–water partition coefficient (Wildman–Crippen LogP) is 2.62. The largest absolute Gasteiger partial charge is 0.444 e. The van der Waals surface area contributed by atoms with Crippen LogP contribution < -0.4 is 10.6 Å². The van der Waals surface area contributed by atoms with E-state index in [1.165, 1.54) is 0 Å². The smallest absolute Gasteiger partial charge is 0.410 e. The van der Waals surface area contributed by atoms with Crippen molar-refractivity contribution in [2.24, 2.45) is 0 Å². The highest BCUT2D eigenvalue weighted by atomic mass is 32.1. The average Bonchev–Trinajstić information content (AvgIpc) is 3.07. The summed E-state index contributed by atoms with van der Waals surface area (Å²) in [5.74, 6) is -0.141. The first-order valence-corrected chi connectivity index (χ1v) is 9.25. The maximum atomic E-state index is 12.3. The van der Waals surface area contributed by atoms with E-state index in [-0.39, 0.29) is 24.6 Å². The molecule has 0 aromatic heterocycles. The highest BCUT2D eigenvalue weighted by Crippen LogP contribution is 2.21. The van der Waals surface area contributed by atoms with E-state index in [2.05, 4.69) is 10.6 Å². The molecule has 0 radical (unpaired) electrons. The van der Waals surface area contributed by atoms with Crippen LogP contribution in [0.5, 0.6) is 0 Å². The summed E-state index contributed by atoms with van der Waals surface area (Å²) in [7, 11) is 0. The number of nitrogens with one attached hydrogen (secondary N) is 2. The van der Waals surface area contributed by atoms with E-state index in [1.807, 2.05) is 51.1 Å². The lowest BCUT2D eigenvalue weighted by molar-refractivity contribution is -0.120. The third-order valence-electron chi connectivity index (χ3n) is 3.94. The molecule has 26 heavy (non-hydrogen) atoms. The van der Waals surface area contributed by atoms with Gasteiger partial charge in [-0.3, -0.25) is 9.69 Å². The van der Waals surface area contributed by atoms with E-state index in [0.717, 1.165) is 18.4 Å². The molecule has 1 fully saturated rings. The minimum atomic E-state index is -0.545. The third-order valence-corrected chi connectivity index (χ3v) is 4.36. The number of hydrogen-bond donors (Lipinski definition) is 2. The number of amides is 2. The molecule has 0 bridgehead atoms. The van der Waals surface area contributed by atoms with Gasteiger partial charge in [-0.15, -0.1) is 0 Å². The van der Waals surface area contributed by atoms with Gasteiger partial charge in [0, 0.05) is 13.1 Å². The molecule has 1 aliphatic rings. The number of hydrogen-bond acceptors (Lipinski definition) is 4. The Morgan fingerprint density at radius 1 is 1.23 bits per heavy atom. The zero-order valence-corrected chi connectivity index (χ0v) is 16.4. The summed E-state index contributed by atoms with van der Waals surface area (Å²) in [4.78, 5) is 26.5. The van der Waals surface area contributed by atoms with Crippen molar-refractivity contribution in [3.05, 3.63) is 35.9 Å². The Hall–Kier alpha value is -2.15. The van der Waals surface area contributed by atoms with Gasteiger partial charge in [-0.25, -0.2) is 4.79 Å². The molecule has 1 atom stereocenters. The summed E-state index contributed by atoms with van der Waals surface area (Å²) >= 11 is 5.41. The number of benzene rings is 1. The molecule has 0 saturated carbocycles. The Morgan fingerprint density at radius 3 is 2.58 bits per heavy atom. The second-order valence-electron chi connectivity index (χ2n) is 7.31. The molecule has 2 rings (SSSR count). The fourth-order valence-electron chi connectivity index (χ4n) is 2.72. The number of thiocarbonyl (C=S) groups is 1. The zero-order valence-electron chi connectivity index (χ0n) is 15.6. The Kier molecular flexibility index (Phi) is 6.97. The predicted molar refractivity (Wildman–Crippen MR) is 105 cm³/mol. The van der Waals surface area contributed by atoms with E-state index in [4.69, 9.17) is 17.0 Å². The second kappa shape index (κ2) is 8.98. The maximum absolute atomic E-state index is 12.3. The van der Waals surface area contributed by atoms with E-state index in [0.29, 0.717) is 18.1 Å². The molecule has 0 unspecified atom stereocenters. The summed E-state index contributed by atoms with van der Waals surface area (Å²) in [6.07, 6.45) is 1.28. The van der Waals surface area contributed by atoms with Crippen molar-refractivity contribution >= 4 is 29.2 Å². The van der Waals surface area contributed by atoms with Crippen molar-refractivity contribution < 1.29 is 14.3 Å². The van der Waals surface area contributed by atoms with Gasteiger partial charge in [0.1, 0.15) is 5.60 Å². The third kappa shape index (κ3) is 6.29. The molecule has 1 aromatic carbocycles. The number of rotatable bonds is 5. The van der Waals surface area contributed by atoms with Crippen molar-refractivity contribution in [2.45, 2.75) is 51.8 Å². The van der Waals surface area contributed by atoms with E-state index >= 15 is 0 Å². The van der Waals surface area contributed by atoms with Crippen molar-refractivity contribution in [3.8, 4) is 0 Å². The maximum Gasteiger partial charge on any atom is 0.410 e. The average molecular weight is 378 g/mol. The summed E-state index contributed by atoms with van der Waals surface area (Å²) < 4.78 is 5.44. The number of ether oxygens (including phenoxy) is 1. The molecule has 7 heteroatoms. The topological polar surface area (TPSA) is 70.7 Å². The summed E-state index contributed by atoms with van der Waals surface area (Å²) in [5, 5.41) is 5.82. The Balaban J connectivity index is 1.79. The molecule has 2 N–H and O–H groups in total. The van der Waals surface area contributed by atoms with Crippen LogP contribution in [0.15, 0.2) is 30.3 Å². The SMILES string of the molecule is CC(C)(C)OC(=O)N1CCC[C@H]1C(=S)NCC(=O)NCc1ccccc1. The quantitative estimate of drug-likeness (QED) is 0.772. The van der Waals surface area contributed by atoms with Gasteiger partial charge in [-0.2, -0.15) is 0 Å². The van der Waals surface area contributed by atoms with Crippen LogP contribution in [0.3, 0.4) is 0 Å². The number of carbonyl (C=O) groups excluding carboxylic acids is 2. The van der Waals surface area contributed by atoms with Crippen molar-refractivity contribution in [2.75, 3.05) is 13.1 Å². The van der Waals surface area contributed by atoms with Gasteiger partial charge in [0.25, 0.3) is 0 Å². The Morgan fingerprint density at radius 2 is 1.92 bits per heavy atom. The van der Waals surface area contributed by atoms with Crippen LogP contribution in [-0.4, -0.2) is 46.6 Å². The van der Waals surface area contributed by atoms with Crippen molar-refractivity contribution in [3.63, 3.8) is 0 Å². The summed E-state index contributed by atoms with van der Waals surface area (Å²) in [6, 6.07) is 9.48. The van der Waals surface area contributed by atoms with Gasteiger partial charge in [-0.1, -0.05) is 42.5 Å². The monoisotopic (exact) mass is 377 g/mol. The molecule has 1 saturated heterocycles. The molecule has 1 heterocycles. The first kappa shape index (κ1) is 20.2. The van der Waals surface area contributed by atoms with Crippen molar-refractivity contribution in [1.29, 1.82) is 0 Å². The number of nitrogens with zero attached hydrogens (tertiary/aromatic N) is 1. The van der Waals surface area contributed by atoms with Gasteiger partial charge in [0.2, 0.25) is 5.91 Å². The van der Waals surface area contributed by atoms with Crippen LogP contribution in [-0.2, 0) is 16.1 Å². The standard InChI is InChI=1S/C19H27N3O3S/c1-19(2,3)25-18(24)22-11-7-10-15(22)17(26)21-13-16(23)20-12-14-8-5-4-6-9-14/h4-6,8-9,15H,7,10-13H2,1-3H3,(H,20,23)(H,21,26)/t15-/m0/s1. The Labute approximate surface area is 160 Å². The van der Waals surface area contributed by atoms with Gasteiger partial charge in [0.15, 0.2) is 0 Å². The Bertz CT molecular complexity index is 643. The zero-order chi connectivity index (χ0) is 19.2. The molecule has 2 amide bonds. The van der Waals surface area contributed by atoms with Crippen LogP contribution in [0, 0.1) is 0 Å². The first-order chi connectivity index (χ1) is 12.3. The van der Waals surface area contributed by atoms with Gasteiger partial charge < -0.3 is 15.4 Å². The van der Waals surface area contributed by atoms with Gasteiger partial charge in [-0.05, 0) is 39.2 Å². The second-order valence-corrected chi connectivity index (χ2v) is 7.75. The molecule has 6 nitrogen and oxygen atoms in total. The number of likely N-dealkylation sites (tertiary alicyclic amines) is 1. The fourth-order valence-corrected chi connectivity index (χ4v) is 3.04. The van der Waals surface area contributed by atoms with Crippen molar-refractivity contribution in [1.82, 2.24) is 15.5 Å². The molecular formula is C19H27N3O3S. The minimum absolute atomic E-state index is 0.0876. The minimum Gasteiger partial charge on any atom is -0.444 e. The molecule has 142 valence electrons. The molecule has 0 spiro atoms. The van der Waals surface area contributed by atoms with Gasteiger partial charge in [0.05, 0.1) is 17.6 Å². The normalized spacial score (nSPS) is 16.9. The van der Waals surface area contributed by atoms with Crippen LogP contribution in [0.2, 0.25) is 0 Å². The van der Waals surface area contributed by atoms with Crippen LogP contribution in [0.1, 0.15) is 39.2 Å². The van der Waals surface area contributed by atoms with Crippen LogP contribution in [0.25, 0.3) is 0 Å². The lowest BCUT2D eigenvalue weighted by Crippen LogP contribution is -2.48. The highest BCUT2D eigenvalue weighted by Gasteiger charge is 2.34. The van der Waals surface area contributed by atoms with E-state index in [9.17, 15) is 9.59 Å². The highest BCUT2D eigenvalue weighted by molar-refractivity contribution is 7.80. The molecular weight excluding hydrogens is 350 g/mol. The summed E-state index contributed by atoms with van der Waals surface area (Å²) in [6.45, 7) is 6.68. The van der Waals surface area contributed by atoms with Gasteiger partial charge >= 0.3 is 6.09 Å².